The van der Waals surface area contributed by atoms with Gasteiger partial charge in [0.15, 0.2) is 11.5 Å². The maximum atomic E-state index is 12.2. The molecule has 0 spiro atoms. The molecule has 3 aromatic rings. The van der Waals surface area contributed by atoms with Gasteiger partial charge in [0.05, 0.1) is 26.3 Å². The zero-order valence-electron chi connectivity index (χ0n) is 20.1. The number of nitrogens with zero attached hydrogens (tertiary/aromatic N) is 3. The molecular weight excluding hydrogens is 430 g/mol. The largest absolute Gasteiger partial charge is 0.493 e. The second kappa shape index (κ2) is 10.3. The number of methoxy groups -OCH3 is 2. The highest BCUT2D eigenvalue weighted by molar-refractivity contribution is 5.90. The fourth-order valence-electron chi connectivity index (χ4n) is 4.79. The van der Waals surface area contributed by atoms with Gasteiger partial charge in [0, 0.05) is 42.9 Å². The van der Waals surface area contributed by atoms with Gasteiger partial charge in [-0.2, -0.15) is 0 Å². The number of aromatic nitrogens is 2. The lowest BCUT2D eigenvalue weighted by Crippen LogP contribution is -2.49. The molecule has 0 atom stereocenters. The van der Waals surface area contributed by atoms with Crippen LogP contribution in [0.3, 0.4) is 0 Å². The van der Waals surface area contributed by atoms with Crippen molar-refractivity contribution in [1.29, 1.82) is 0 Å². The van der Waals surface area contributed by atoms with Crippen LogP contribution in [0, 0.1) is 0 Å². The smallest absolute Gasteiger partial charge is 0.222 e. The first-order valence-electron chi connectivity index (χ1n) is 11.7. The summed E-state index contributed by atoms with van der Waals surface area (Å²) in [5.74, 6) is 2.45. The first kappa shape index (κ1) is 23.8. The average molecular weight is 464 g/mol. The van der Waals surface area contributed by atoms with Crippen molar-refractivity contribution < 1.29 is 14.3 Å². The van der Waals surface area contributed by atoms with Crippen molar-refractivity contribution in [3.8, 4) is 11.5 Å². The molecule has 1 aliphatic rings. The Morgan fingerprint density at radius 1 is 1.09 bits per heavy atom. The third-order valence-corrected chi connectivity index (χ3v) is 6.79. The van der Waals surface area contributed by atoms with E-state index in [4.69, 9.17) is 20.2 Å². The summed E-state index contributed by atoms with van der Waals surface area (Å²) >= 11 is 0. The van der Waals surface area contributed by atoms with Crippen molar-refractivity contribution in [2.75, 3.05) is 39.6 Å². The molecule has 8 heteroatoms. The molecule has 4 rings (SSSR count). The van der Waals surface area contributed by atoms with Crippen LogP contribution in [0.15, 0.2) is 42.5 Å². The third-order valence-electron chi connectivity index (χ3n) is 6.79. The van der Waals surface area contributed by atoms with Crippen LogP contribution in [0.1, 0.15) is 37.6 Å². The fourth-order valence-corrected chi connectivity index (χ4v) is 4.79. The standard InChI is InChI=1S/C26H33N5O3/c1-4-24(32)31-12-10-26(11-13-31,18-8-6-5-7-9-18)17-28-16-23-29-20-15-22(34-3)21(33-2)14-19(20)25(27)30-23/h5-9,14-15,28H,4,10-13,16-17H2,1-3H3,(H2,27,29,30). The number of anilines is 1. The third kappa shape index (κ3) is 4.77. The lowest BCUT2D eigenvalue weighted by atomic mass is 9.72. The highest BCUT2D eigenvalue weighted by Crippen LogP contribution is 2.36. The summed E-state index contributed by atoms with van der Waals surface area (Å²) in [7, 11) is 3.18. The number of hydrogen-bond donors (Lipinski definition) is 2. The molecule has 8 nitrogen and oxygen atoms in total. The molecular formula is C26H33N5O3. The van der Waals surface area contributed by atoms with E-state index in [0.717, 1.165) is 37.9 Å². The Balaban J connectivity index is 1.52. The van der Waals surface area contributed by atoms with Crippen molar-refractivity contribution in [3.63, 3.8) is 0 Å². The highest BCUT2D eigenvalue weighted by atomic mass is 16.5. The van der Waals surface area contributed by atoms with Gasteiger partial charge in [-0.3, -0.25) is 4.79 Å². The van der Waals surface area contributed by atoms with Crippen LogP contribution < -0.4 is 20.5 Å². The maximum Gasteiger partial charge on any atom is 0.222 e. The van der Waals surface area contributed by atoms with Crippen molar-refractivity contribution in [3.05, 3.63) is 53.9 Å². The van der Waals surface area contributed by atoms with Crippen LogP contribution >= 0.6 is 0 Å². The number of carbonyl (C=O) groups excluding carboxylic acids is 1. The van der Waals surface area contributed by atoms with Gasteiger partial charge in [-0.1, -0.05) is 37.3 Å². The molecule has 0 radical (unpaired) electrons. The molecule has 0 bridgehead atoms. The minimum Gasteiger partial charge on any atom is -0.493 e. The number of benzene rings is 2. The van der Waals surface area contributed by atoms with E-state index < -0.39 is 0 Å². The van der Waals surface area contributed by atoms with E-state index in [1.54, 1.807) is 20.3 Å². The summed E-state index contributed by atoms with van der Waals surface area (Å²) in [5.41, 5.74) is 8.20. The lowest BCUT2D eigenvalue weighted by Gasteiger charge is -2.42. The highest BCUT2D eigenvalue weighted by Gasteiger charge is 2.36. The Bertz CT molecular complexity index is 1140. The predicted molar refractivity (Wildman–Crippen MR) is 133 cm³/mol. The second-order valence-corrected chi connectivity index (χ2v) is 8.73. The number of carbonyl (C=O) groups is 1. The zero-order chi connectivity index (χ0) is 24.1. The van der Waals surface area contributed by atoms with Crippen molar-refractivity contribution in [1.82, 2.24) is 20.2 Å². The first-order chi connectivity index (χ1) is 16.5. The van der Waals surface area contributed by atoms with Gasteiger partial charge in [0.2, 0.25) is 5.91 Å². The van der Waals surface area contributed by atoms with Crippen molar-refractivity contribution in [2.24, 2.45) is 0 Å². The molecule has 180 valence electrons. The van der Waals surface area contributed by atoms with Crippen molar-refractivity contribution in [2.45, 2.75) is 38.1 Å². The maximum absolute atomic E-state index is 12.2. The van der Waals surface area contributed by atoms with Gasteiger partial charge in [0.1, 0.15) is 11.6 Å². The monoisotopic (exact) mass is 463 g/mol. The Kier molecular flexibility index (Phi) is 7.17. The van der Waals surface area contributed by atoms with E-state index >= 15 is 0 Å². The van der Waals surface area contributed by atoms with Crippen LogP contribution in [0.25, 0.3) is 10.9 Å². The van der Waals surface area contributed by atoms with E-state index in [1.165, 1.54) is 5.56 Å². The number of nitrogens with one attached hydrogen (secondary N) is 1. The quantitative estimate of drug-likeness (QED) is 0.528. The molecule has 1 aromatic heterocycles. The summed E-state index contributed by atoms with van der Waals surface area (Å²) in [6, 6.07) is 14.2. The number of amides is 1. The SMILES string of the molecule is CCC(=O)N1CCC(CNCc2nc(N)c3cc(OC)c(OC)cc3n2)(c2ccccc2)CC1. The van der Waals surface area contributed by atoms with Crippen molar-refractivity contribution >= 4 is 22.6 Å². The summed E-state index contributed by atoms with van der Waals surface area (Å²) in [5, 5.41) is 4.30. The number of nitrogens with two attached hydrogens (primary N) is 1. The minimum atomic E-state index is -0.0508. The molecule has 1 aliphatic heterocycles. The minimum absolute atomic E-state index is 0.0508. The normalized spacial score (nSPS) is 15.3. The Morgan fingerprint density at radius 3 is 2.41 bits per heavy atom. The molecule has 34 heavy (non-hydrogen) atoms. The molecule has 1 saturated heterocycles. The molecule has 2 heterocycles. The number of rotatable bonds is 8. The topological polar surface area (TPSA) is 103 Å². The molecule has 2 aromatic carbocycles. The van der Waals surface area contributed by atoms with E-state index in [-0.39, 0.29) is 11.3 Å². The Labute approximate surface area is 200 Å². The van der Waals surface area contributed by atoms with Crippen LogP contribution in [-0.2, 0) is 16.8 Å². The van der Waals surface area contributed by atoms with E-state index in [0.29, 0.717) is 41.6 Å². The van der Waals surface area contributed by atoms with Gasteiger partial charge < -0.3 is 25.4 Å². The molecule has 0 aliphatic carbocycles. The molecule has 1 fully saturated rings. The lowest BCUT2D eigenvalue weighted by molar-refractivity contribution is -0.132. The number of nitrogen functional groups attached to an aromatic ring is 1. The molecule has 3 N–H and O–H groups in total. The van der Waals surface area contributed by atoms with Crippen LogP contribution in [0.4, 0.5) is 5.82 Å². The molecule has 0 saturated carbocycles. The summed E-state index contributed by atoms with van der Waals surface area (Å²) in [6.07, 6.45) is 2.37. The van der Waals surface area contributed by atoms with Gasteiger partial charge in [-0.05, 0) is 24.5 Å². The summed E-state index contributed by atoms with van der Waals surface area (Å²) < 4.78 is 10.8. The van der Waals surface area contributed by atoms with Gasteiger partial charge in [-0.25, -0.2) is 9.97 Å². The average Bonchev–Trinajstić information content (AvgIpc) is 2.88. The van der Waals surface area contributed by atoms with Gasteiger partial charge in [-0.15, -0.1) is 0 Å². The number of hydrogen-bond acceptors (Lipinski definition) is 7. The number of fused-ring (bicyclic) bond motifs is 1. The number of likely N-dealkylation sites (tertiary alicyclic amines) is 1. The first-order valence-corrected chi connectivity index (χ1v) is 11.7. The predicted octanol–water partition coefficient (Wildman–Crippen LogP) is 3.29. The number of ether oxygens (including phenoxy) is 2. The fraction of sp³-hybridized carbons (Fsp3) is 0.423. The summed E-state index contributed by atoms with van der Waals surface area (Å²) in [6.45, 7) is 4.71. The van der Waals surface area contributed by atoms with Crippen LogP contribution in [-0.4, -0.2) is 54.6 Å². The van der Waals surface area contributed by atoms with Gasteiger partial charge >= 0.3 is 0 Å². The van der Waals surface area contributed by atoms with Gasteiger partial charge in [0.25, 0.3) is 0 Å². The molecule has 1 amide bonds. The summed E-state index contributed by atoms with van der Waals surface area (Å²) in [4.78, 5) is 23.4. The Hall–Kier alpha value is -3.39. The van der Waals surface area contributed by atoms with E-state index in [1.807, 2.05) is 24.0 Å². The zero-order valence-corrected chi connectivity index (χ0v) is 20.1. The van der Waals surface area contributed by atoms with Crippen LogP contribution in [0.5, 0.6) is 11.5 Å². The van der Waals surface area contributed by atoms with E-state index in [2.05, 4.69) is 34.6 Å². The molecule has 0 unspecified atom stereocenters. The van der Waals surface area contributed by atoms with E-state index in [9.17, 15) is 4.79 Å². The Morgan fingerprint density at radius 2 is 1.76 bits per heavy atom. The number of piperidine rings is 1. The van der Waals surface area contributed by atoms with Crippen LogP contribution in [0.2, 0.25) is 0 Å². The second-order valence-electron chi connectivity index (χ2n) is 8.73.